The second-order valence-electron chi connectivity index (χ2n) is 9.54. The van der Waals surface area contributed by atoms with Crippen molar-refractivity contribution in [3.05, 3.63) is 89.6 Å². The van der Waals surface area contributed by atoms with Crippen LogP contribution >= 0.6 is 0 Å². The number of nitrogens with one attached hydrogen (secondary N) is 1. The Kier molecular flexibility index (Phi) is 7.18. The smallest absolute Gasteiger partial charge is 0.271 e. The first kappa shape index (κ1) is 25.5. The van der Waals surface area contributed by atoms with E-state index in [1.807, 2.05) is 55.5 Å². The molecule has 0 radical (unpaired) electrons. The molecule has 1 fully saturated rings. The molecular weight excluding hydrogens is 482 g/mol. The Morgan fingerprint density at radius 1 is 1.18 bits per heavy atom. The largest absolute Gasteiger partial charge is 0.494 e. The van der Waals surface area contributed by atoms with Crippen molar-refractivity contribution in [1.82, 2.24) is 10.4 Å². The van der Waals surface area contributed by atoms with Crippen molar-refractivity contribution < 1.29 is 24.2 Å². The molecular formula is C30H31N3O5. The van der Waals surface area contributed by atoms with Crippen LogP contribution < -0.4 is 20.1 Å². The van der Waals surface area contributed by atoms with Crippen LogP contribution in [0.3, 0.4) is 0 Å². The molecule has 8 heteroatoms. The first-order valence-corrected chi connectivity index (χ1v) is 12.5. The van der Waals surface area contributed by atoms with Gasteiger partial charge < -0.3 is 14.2 Å². The number of amides is 1. The summed E-state index contributed by atoms with van der Waals surface area (Å²) in [6, 6.07) is 15.4. The molecule has 2 aliphatic heterocycles. The van der Waals surface area contributed by atoms with Gasteiger partial charge in [0.15, 0.2) is 17.2 Å². The molecule has 38 heavy (non-hydrogen) atoms. The number of carbonyl (C=O) groups excluding carboxylic acids is 1. The molecule has 0 bridgehead atoms. The fraction of sp³-hybridized carbons (Fsp3) is 0.267. The van der Waals surface area contributed by atoms with E-state index in [4.69, 9.17) is 14.2 Å². The summed E-state index contributed by atoms with van der Waals surface area (Å²) in [7, 11) is 1.50. The lowest BCUT2D eigenvalue weighted by Gasteiger charge is -2.32. The van der Waals surface area contributed by atoms with E-state index in [9.17, 15) is 10.0 Å². The number of hydrazine groups is 1. The van der Waals surface area contributed by atoms with Crippen molar-refractivity contribution >= 4 is 17.7 Å². The molecule has 0 atom stereocenters. The van der Waals surface area contributed by atoms with Crippen molar-refractivity contribution in [3.8, 4) is 22.8 Å². The van der Waals surface area contributed by atoms with Gasteiger partial charge in [0.2, 0.25) is 0 Å². The average molecular weight is 514 g/mol. The van der Waals surface area contributed by atoms with Crippen molar-refractivity contribution in [1.29, 1.82) is 0 Å². The third kappa shape index (κ3) is 4.76. The molecule has 8 nitrogen and oxygen atoms in total. The Labute approximate surface area is 222 Å². The van der Waals surface area contributed by atoms with Crippen LogP contribution in [0.2, 0.25) is 0 Å². The van der Waals surface area contributed by atoms with Gasteiger partial charge in [-0.05, 0) is 55.2 Å². The second kappa shape index (κ2) is 10.7. The van der Waals surface area contributed by atoms with E-state index in [0.717, 1.165) is 40.8 Å². The highest BCUT2D eigenvalue weighted by atomic mass is 16.6. The number of ether oxygens (including phenoxy) is 3. The number of aromatic nitrogens is 1. The van der Waals surface area contributed by atoms with E-state index in [1.165, 1.54) is 7.11 Å². The molecule has 2 N–H and O–H groups in total. The summed E-state index contributed by atoms with van der Waals surface area (Å²) in [5.41, 5.74) is 7.44. The fourth-order valence-corrected chi connectivity index (χ4v) is 5.08. The maximum Gasteiger partial charge on any atom is 0.271 e. The van der Waals surface area contributed by atoms with Crippen LogP contribution in [0.15, 0.2) is 73.0 Å². The predicted molar refractivity (Wildman–Crippen MR) is 145 cm³/mol. The molecule has 1 spiro atoms. The lowest BCUT2D eigenvalue weighted by atomic mass is 9.76. The number of benzene rings is 2. The van der Waals surface area contributed by atoms with E-state index in [0.29, 0.717) is 36.5 Å². The number of fused-ring (bicyclic) bond motifs is 2. The van der Waals surface area contributed by atoms with Crippen molar-refractivity contribution in [2.45, 2.75) is 25.2 Å². The zero-order chi connectivity index (χ0) is 26.7. The summed E-state index contributed by atoms with van der Waals surface area (Å²) in [5, 5.41) is 11.6. The summed E-state index contributed by atoms with van der Waals surface area (Å²) >= 11 is 0. The molecule has 2 aliphatic rings. The van der Waals surface area contributed by atoms with E-state index < -0.39 is 5.91 Å². The molecule has 2 aromatic carbocycles. The minimum atomic E-state index is -0.574. The molecule has 3 aromatic rings. The number of carbonyl (C=O) groups is 1. The highest BCUT2D eigenvalue weighted by Crippen LogP contribution is 2.51. The van der Waals surface area contributed by atoms with Gasteiger partial charge in [-0.3, -0.25) is 15.0 Å². The fourth-order valence-electron chi connectivity index (χ4n) is 5.08. The van der Waals surface area contributed by atoms with E-state index in [2.05, 4.69) is 17.0 Å². The lowest BCUT2D eigenvalue weighted by molar-refractivity contribution is -0.118. The van der Waals surface area contributed by atoms with Gasteiger partial charge in [-0.25, -0.2) is 5.43 Å². The van der Waals surface area contributed by atoms with Gasteiger partial charge in [-0.15, -0.1) is 0 Å². The normalized spacial score (nSPS) is 15.7. The molecule has 196 valence electrons. The zero-order valence-corrected chi connectivity index (χ0v) is 21.6. The average Bonchev–Trinajstić information content (AvgIpc) is 3.29. The van der Waals surface area contributed by atoms with Gasteiger partial charge in [0.25, 0.3) is 5.91 Å². The Hall–Kier alpha value is -4.14. The summed E-state index contributed by atoms with van der Waals surface area (Å²) in [6.45, 7) is 7.69. The molecule has 1 aromatic heterocycles. The van der Waals surface area contributed by atoms with Crippen LogP contribution in [-0.4, -0.2) is 43.0 Å². The number of methoxy groups -OCH3 is 1. The number of rotatable bonds is 7. The van der Waals surface area contributed by atoms with Crippen molar-refractivity contribution in [2.24, 2.45) is 0 Å². The molecule has 0 unspecified atom stereocenters. The second-order valence-corrected chi connectivity index (χ2v) is 9.54. The van der Waals surface area contributed by atoms with E-state index in [-0.39, 0.29) is 16.7 Å². The van der Waals surface area contributed by atoms with Crippen LogP contribution in [0.4, 0.5) is 5.69 Å². The summed E-state index contributed by atoms with van der Waals surface area (Å²) < 4.78 is 17.1. The maximum atomic E-state index is 13.0. The number of anilines is 1. The number of pyridine rings is 1. The van der Waals surface area contributed by atoms with E-state index >= 15 is 0 Å². The lowest BCUT2D eigenvalue weighted by Crippen LogP contribution is -2.40. The summed E-state index contributed by atoms with van der Waals surface area (Å²) in [4.78, 5) is 17.5. The minimum Gasteiger partial charge on any atom is -0.494 e. The molecule has 1 saturated heterocycles. The van der Waals surface area contributed by atoms with Crippen LogP contribution in [0.25, 0.3) is 17.3 Å². The monoisotopic (exact) mass is 513 g/mol. The molecule has 0 aliphatic carbocycles. The van der Waals surface area contributed by atoms with Gasteiger partial charge in [0, 0.05) is 41.5 Å². The minimum absolute atomic E-state index is 0.160. The van der Waals surface area contributed by atoms with Gasteiger partial charge in [-0.2, -0.15) is 5.17 Å². The SMILES string of the molecule is C=C(/C=C\c1c(C)cccc1-c1ccccn1)C(=O)NN(O)c1c(OC)ccc2c1OCC21CCOCC1. The van der Waals surface area contributed by atoms with Gasteiger partial charge in [0.1, 0.15) is 0 Å². The zero-order valence-electron chi connectivity index (χ0n) is 21.6. The predicted octanol–water partition coefficient (Wildman–Crippen LogP) is 5.00. The molecule has 1 amide bonds. The van der Waals surface area contributed by atoms with Crippen LogP contribution in [0, 0.1) is 6.92 Å². The quantitative estimate of drug-likeness (QED) is 0.261. The summed E-state index contributed by atoms with van der Waals surface area (Å²) in [5.74, 6) is 0.294. The van der Waals surface area contributed by atoms with E-state index in [1.54, 1.807) is 18.3 Å². The topological polar surface area (TPSA) is 93.2 Å². The Balaban J connectivity index is 1.36. The molecule has 5 rings (SSSR count). The maximum absolute atomic E-state index is 13.0. The molecule has 3 heterocycles. The van der Waals surface area contributed by atoms with Crippen molar-refractivity contribution in [3.63, 3.8) is 0 Å². The highest BCUT2D eigenvalue weighted by Gasteiger charge is 2.44. The summed E-state index contributed by atoms with van der Waals surface area (Å²) in [6.07, 6.45) is 6.85. The number of hydrogen-bond acceptors (Lipinski definition) is 7. The first-order chi connectivity index (χ1) is 18.4. The van der Waals surface area contributed by atoms with Crippen molar-refractivity contribution in [2.75, 3.05) is 32.1 Å². The Bertz CT molecular complexity index is 1380. The highest BCUT2D eigenvalue weighted by molar-refractivity contribution is 5.98. The third-order valence-corrected chi connectivity index (χ3v) is 7.26. The molecule has 0 saturated carbocycles. The third-order valence-electron chi connectivity index (χ3n) is 7.26. The Morgan fingerprint density at radius 3 is 2.74 bits per heavy atom. The number of hydrogen-bond donors (Lipinski definition) is 2. The first-order valence-electron chi connectivity index (χ1n) is 12.5. The van der Waals surface area contributed by atoms with Crippen LogP contribution in [0.1, 0.15) is 29.5 Å². The van der Waals surface area contributed by atoms with Gasteiger partial charge >= 0.3 is 0 Å². The van der Waals surface area contributed by atoms with Crippen LogP contribution in [-0.2, 0) is 14.9 Å². The van der Waals surface area contributed by atoms with Gasteiger partial charge in [0.05, 0.1) is 19.4 Å². The number of aryl methyl sites for hydroxylation is 1. The standard InChI is InChI=1S/C30H31N3O5/c1-20-7-6-8-23(25-9-4-5-16-31-25)22(20)11-10-21(2)29(34)32-33(35)27-26(36-3)13-12-24-28(27)38-19-30(24)14-17-37-18-15-30/h4-13,16,35H,2,14-15,17-19H2,1,3H3,(H,32,34)/b11-10-. The van der Waals surface area contributed by atoms with Crippen LogP contribution in [0.5, 0.6) is 11.5 Å². The number of nitrogens with zero attached hydrogens (tertiary/aromatic N) is 2. The van der Waals surface area contributed by atoms with Gasteiger partial charge in [-0.1, -0.05) is 43.0 Å². The Morgan fingerprint density at radius 2 is 2.00 bits per heavy atom.